The van der Waals surface area contributed by atoms with Crippen LogP contribution in [0.1, 0.15) is 11.4 Å². The highest BCUT2D eigenvalue weighted by Crippen LogP contribution is 2.13. The van der Waals surface area contributed by atoms with Gasteiger partial charge in [0, 0.05) is 19.8 Å². The highest BCUT2D eigenvalue weighted by atomic mass is 15.3. The molecule has 6 nitrogen and oxygen atoms in total. The summed E-state index contributed by atoms with van der Waals surface area (Å²) in [6, 6.07) is 9.78. The molecule has 3 rings (SSSR count). The zero-order valence-corrected chi connectivity index (χ0v) is 11.3. The lowest BCUT2D eigenvalue weighted by Gasteiger charge is -2.17. The van der Waals surface area contributed by atoms with E-state index in [2.05, 4.69) is 15.1 Å². The van der Waals surface area contributed by atoms with Crippen molar-refractivity contribution in [2.24, 2.45) is 5.73 Å². The molecule has 0 amide bonds. The Kier molecular flexibility index (Phi) is 3.30. The van der Waals surface area contributed by atoms with E-state index in [4.69, 9.17) is 5.73 Å². The second-order valence-corrected chi connectivity index (χ2v) is 4.61. The number of hydrogen-bond donors (Lipinski definition) is 1. The van der Waals surface area contributed by atoms with Crippen LogP contribution >= 0.6 is 0 Å². The van der Waals surface area contributed by atoms with Crippen LogP contribution in [0.2, 0.25) is 0 Å². The molecule has 3 heterocycles. The molecule has 0 unspecified atom stereocenters. The standard InChI is InChI=1S/C14H16N6/c1-19(9-11-4-2-3-7-16-11)14-6-5-13-17-12(8-15)10-20(13)18-14/h2-7,10H,8-9,15H2,1H3. The van der Waals surface area contributed by atoms with Gasteiger partial charge in [-0.3, -0.25) is 4.98 Å². The molecule has 0 fully saturated rings. The molecule has 3 aromatic rings. The van der Waals surface area contributed by atoms with Crippen molar-refractivity contribution in [1.29, 1.82) is 0 Å². The van der Waals surface area contributed by atoms with Crippen LogP contribution in [0.25, 0.3) is 5.65 Å². The van der Waals surface area contributed by atoms with Crippen LogP contribution < -0.4 is 10.6 Å². The monoisotopic (exact) mass is 268 g/mol. The second kappa shape index (κ2) is 5.26. The van der Waals surface area contributed by atoms with E-state index in [1.165, 1.54) is 0 Å². The van der Waals surface area contributed by atoms with Crippen LogP contribution in [-0.4, -0.2) is 26.6 Å². The Labute approximate surface area is 116 Å². The van der Waals surface area contributed by atoms with E-state index in [1.54, 1.807) is 10.7 Å². The van der Waals surface area contributed by atoms with Crippen LogP contribution in [0, 0.1) is 0 Å². The third kappa shape index (κ3) is 2.46. The number of anilines is 1. The molecule has 0 aliphatic heterocycles. The van der Waals surface area contributed by atoms with E-state index in [-0.39, 0.29) is 0 Å². The van der Waals surface area contributed by atoms with Gasteiger partial charge in [0.05, 0.1) is 24.1 Å². The van der Waals surface area contributed by atoms with E-state index < -0.39 is 0 Å². The number of imidazole rings is 1. The minimum absolute atomic E-state index is 0.419. The van der Waals surface area contributed by atoms with Crippen LogP contribution in [0.3, 0.4) is 0 Å². The maximum atomic E-state index is 5.59. The van der Waals surface area contributed by atoms with Gasteiger partial charge in [-0.25, -0.2) is 9.50 Å². The molecule has 0 spiro atoms. The smallest absolute Gasteiger partial charge is 0.153 e. The summed E-state index contributed by atoms with van der Waals surface area (Å²) in [4.78, 5) is 10.7. The molecule has 6 heteroatoms. The normalized spacial score (nSPS) is 10.9. The first-order valence-corrected chi connectivity index (χ1v) is 6.42. The minimum Gasteiger partial charge on any atom is -0.352 e. The van der Waals surface area contributed by atoms with Crippen molar-refractivity contribution in [2.75, 3.05) is 11.9 Å². The van der Waals surface area contributed by atoms with Gasteiger partial charge in [0.15, 0.2) is 5.65 Å². The molecule has 3 aromatic heterocycles. The Bertz CT molecular complexity index is 706. The van der Waals surface area contributed by atoms with Crippen LogP contribution in [0.5, 0.6) is 0 Å². The molecule has 0 aliphatic carbocycles. The molecule has 0 radical (unpaired) electrons. The quantitative estimate of drug-likeness (QED) is 0.770. The Balaban J connectivity index is 1.85. The van der Waals surface area contributed by atoms with E-state index in [9.17, 15) is 0 Å². The molecule has 0 saturated carbocycles. The number of pyridine rings is 1. The van der Waals surface area contributed by atoms with Crippen LogP contribution in [0.15, 0.2) is 42.7 Å². The van der Waals surface area contributed by atoms with Crippen molar-refractivity contribution < 1.29 is 0 Å². The van der Waals surface area contributed by atoms with Crippen molar-refractivity contribution in [3.05, 3.63) is 54.1 Å². The number of nitrogens with two attached hydrogens (primary N) is 1. The zero-order valence-electron chi connectivity index (χ0n) is 11.3. The molecule has 0 aliphatic rings. The molecule has 2 N–H and O–H groups in total. The van der Waals surface area contributed by atoms with Gasteiger partial charge in [-0.1, -0.05) is 6.07 Å². The van der Waals surface area contributed by atoms with Gasteiger partial charge in [-0.05, 0) is 24.3 Å². The number of hydrogen-bond acceptors (Lipinski definition) is 5. The average molecular weight is 268 g/mol. The highest BCUT2D eigenvalue weighted by molar-refractivity contribution is 5.46. The Hall–Kier alpha value is -2.47. The molecule has 20 heavy (non-hydrogen) atoms. The first-order valence-electron chi connectivity index (χ1n) is 6.42. The number of rotatable bonds is 4. The van der Waals surface area contributed by atoms with Gasteiger partial charge in [-0.2, -0.15) is 0 Å². The average Bonchev–Trinajstić information content (AvgIpc) is 2.90. The van der Waals surface area contributed by atoms with E-state index in [0.717, 1.165) is 22.9 Å². The largest absolute Gasteiger partial charge is 0.352 e. The van der Waals surface area contributed by atoms with Gasteiger partial charge < -0.3 is 10.6 Å². The van der Waals surface area contributed by atoms with Gasteiger partial charge in [-0.15, -0.1) is 5.10 Å². The topological polar surface area (TPSA) is 72.3 Å². The zero-order chi connectivity index (χ0) is 13.9. The number of nitrogens with zero attached hydrogens (tertiary/aromatic N) is 5. The summed E-state index contributed by atoms with van der Waals surface area (Å²) in [5.41, 5.74) is 8.24. The van der Waals surface area contributed by atoms with Crippen molar-refractivity contribution in [3.8, 4) is 0 Å². The summed E-state index contributed by atoms with van der Waals surface area (Å²) in [7, 11) is 1.99. The minimum atomic E-state index is 0.419. The predicted molar refractivity (Wildman–Crippen MR) is 77.2 cm³/mol. The third-order valence-electron chi connectivity index (χ3n) is 3.08. The van der Waals surface area contributed by atoms with Gasteiger partial charge in [0.25, 0.3) is 0 Å². The molecule has 102 valence electrons. The molecular formula is C14H16N6. The van der Waals surface area contributed by atoms with Gasteiger partial charge in [0.1, 0.15) is 5.82 Å². The summed E-state index contributed by atoms with van der Waals surface area (Å²) in [5, 5.41) is 4.54. The lowest BCUT2D eigenvalue weighted by Crippen LogP contribution is -2.19. The summed E-state index contributed by atoms with van der Waals surface area (Å²) in [6.45, 7) is 1.13. The molecular weight excluding hydrogens is 252 g/mol. The highest BCUT2D eigenvalue weighted by Gasteiger charge is 2.07. The number of aromatic nitrogens is 4. The lowest BCUT2D eigenvalue weighted by atomic mass is 10.3. The summed E-state index contributed by atoms with van der Waals surface area (Å²) in [6.07, 6.45) is 3.65. The molecule has 0 saturated heterocycles. The Morgan fingerprint density at radius 1 is 1.20 bits per heavy atom. The summed E-state index contributed by atoms with van der Waals surface area (Å²) >= 11 is 0. The van der Waals surface area contributed by atoms with Crippen LogP contribution in [-0.2, 0) is 13.1 Å². The Morgan fingerprint density at radius 2 is 2.10 bits per heavy atom. The summed E-state index contributed by atoms with van der Waals surface area (Å²) < 4.78 is 1.76. The van der Waals surface area contributed by atoms with E-state index >= 15 is 0 Å². The van der Waals surface area contributed by atoms with Crippen LogP contribution in [0.4, 0.5) is 5.82 Å². The van der Waals surface area contributed by atoms with Crippen molar-refractivity contribution in [1.82, 2.24) is 19.6 Å². The Morgan fingerprint density at radius 3 is 2.85 bits per heavy atom. The second-order valence-electron chi connectivity index (χ2n) is 4.61. The fourth-order valence-corrected chi connectivity index (χ4v) is 2.04. The maximum Gasteiger partial charge on any atom is 0.153 e. The van der Waals surface area contributed by atoms with Crippen molar-refractivity contribution in [2.45, 2.75) is 13.1 Å². The third-order valence-corrected chi connectivity index (χ3v) is 3.08. The number of fused-ring (bicyclic) bond motifs is 1. The molecule has 0 bridgehead atoms. The van der Waals surface area contributed by atoms with Crippen molar-refractivity contribution in [3.63, 3.8) is 0 Å². The van der Waals surface area contributed by atoms with Gasteiger partial charge >= 0.3 is 0 Å². The fraction of sp³-hybridized carbons (Fsp3) is 0.214. The first-order chi connectivity index (χ1) is 9.76. The lowest BCUT2D eigenvalue weighted by molar-refractivity contribution is 0.823. The van der Waals surface area contributed by atoms with E-state index in [0.29, 0.717) is 13.1 Å². The van der Waals surface area contributed by atoms with Crippen molar-refractivity contribution >= 4 is 11.5 Å². The first kappa shape index (κ1) is 12.6. The molecule has 0 aromatic carbocycles. The summed E-state index contributed by atoms with van der Waals surface area (Å²) in [5.74, 6) is 0.865. The van der Waals surface area contributed by atoms with Gasteiger partial charge in [0.2, 0.25) is 0 Å². The predicted octanol–water partition coefficient (Wildman–Crippen LogP) is 1.22. The molecule has 0 atom stereocenters. The fourth-order valence-electron chi connectivity index (χ4n) is 2.04. The van der Waals surface area contributed by atoms with E-state index in [1.807, 2.05) is 48.5 Å². The maximum absolute atomic E-state index is 5.59. The SMILES string of the molecule is CN(Cc1ccccn1)c1ccc2nc(CN)cn2n1.